The number of para-hydroxylation sites is 1. The van der Waals surface area contributed by atoms with Crippen molar-refractivity contribution in [2.45, 2.75) is 28.6 Å². The van der Waals surface area contributed by atoms with E-state index >= 15 is 0 Å². The van der Waals surface area contributed by atoms with Crippen molar-refractivity contribution >= 4 is 35.2 Å². The lowest BCUT2D eigenvalue weighted by atomic mass is 10.1. The molecule has 1 aromatic rings. The maximum atomic E-state index is 12.9. The van der Waals surface area contributed by atoms with Gasteiger partial charge in [0.25, 0.3) is 5.91 Å². The van der Waals surface area contributed by atoms with Crippen LogP contribution in [0.1, 0.15) is 12.8 Å². The molecular formula is C17H18N2O5S. The van der Waals surface area contributed by atoms with Gasteiger partial charge in [0.15, 0.2) is 10.9 Å². The minimum absolute atomic E-state index is 0.137. The molecule has 0 spiro atoms. The number of thioether (sulfide) groups is 1. The SMILES string of the molecule is C=CCOCC(NC(=O)C12CCC(=O)N1c1ccccc1S2)C(=O)O. The number of anilines is 1. The van der Waals surface area contributed by atoms with Crippen molar-refractivity contribution in [2.24, 2.45) is 0 Å². The molecule has 132 valence electrons. The Balaban J connectivity index is 1.82. The van der Waals surface area contributed by atoms with E-state index in [2.05, 4.69) is 11.9 Å². The van der Waals surface area contributed by atoms with Crippen molar-refractivity contribution < 1.29 is 24.2 Å². The number of carbonyl (C=O) groups excluding carboxylic acids is 2. The highest BCUT2D eigenvalue weighted by atomic mass is 32.2. The Morgan fingerprint density at radius 1 is 1.48 bits per heavy atom. The molecule has 8 heteroatoms. The Labute approximate surface area is 149 Å². The molecule has 0 aliphatic carbocycles. The average molecular weight is 362 g/mol. The number of hydrogen-bond acceptors (Lipinski definition) is 5. The highest BCUT2D eigenvalue weighted by molar-refractivity contribution is 8.02. The first kappa shape index (κ1) is 17.5. The number of nitrogens with zero attached hydrogens (tertiary/aromatic N) is 1. The van der Waals surface area contributed by atoms with E-state index < -0.39 is 22.8 Å². The number of carbonyl (C=O) groups is 3. The summed E-state index contributed by atoms with van der Waals surface area (Å²) in [4.78, 5) is 37.9. The van der Waals surface area contributed by atoms with Crippen molar-refractivity contribution in [3.63, 3.8) is 0 Å². The van der Waals surface area contributed by atoms with Crippen LogP contribution >= 0.6 is 11.8 Å². The van der Waals surface area contributed by atoms with Crippen molar-refractivity contribution in [2.75, 3.05) is 18.1 Å². The molecule has 1 saturated heterocycles. The topological polar surface area (TPSA) is 95.9 Å². The number of rotatable bonds is 7. The summed E-state index contributed by atoms with van der Waals surface area (Å²) >= 11 is 1.29. The van der Waals surface area contributed by atoms with Gasteiger partial charge in [-0.05, 0) is 18.6 Å². The number of nitrogens with one attached hydrogen (secondary N) is 1. The predicted molar refractivity (Wildman–Crippen MR) is 92.3 cm³/mol. The number of fused-ring (bicyclic) bond motifs is 3. The van der Waals surface area contributed by atoms with Gasteiger partial charge in [-0.2, -0.15) is 0 Å². The van der Waals surface area contributed by atoms with Gasteiger partial charge in [-0.1, -0.05) is 30.0 Å². The maximum Gasteiger partial charge on any atom is 0.328 e. The molecular weight excluding hydrogens is 344 g/mol. The van der Waals surface area contributed by atoms with E-state index in [-0.39, 0.29) is 25.5 Å². The van der Waals surface area contributed by atoms with Crippen LogP contribution in [0.2, 0.25) is 0 Å². The fourth-order valence-electron chi connectivity index (χ4n) is 3.01. The molecule has 1 aromatic carbocycles. The number of carboxylic acid groups (broad SMARTS) is 1. The standard InChI is InChI=1S/C17H18N2O5S/c1-2-9-24-10-11(15(21)22)18-16(23)17-8-7-14(20)19(17)12-5-3-4-6-13(12)25-17/h2-6,11H,1,7-10H2,(H,18,23)(H,21,22). The molecule has 0 radical (unpaired) electrons. The Kier molecular flexibility index (Phi) is 4.82. The van der Waals surface area contributed by atoms with E-state index in [1.54, 1.807) is 6.07 Å². The lowest BCUT2D eigenvalue weighted by Gasteiger charge is -2.30. The number of benzene rings is 1. The summed E-state index contributed by atoms with van der Waals surface area (Å²) in [5.41, 5.74) is 0.694. The first-order valence-corrected chi connectivity index (χ1v) is 8.65. The van der Waals surface area contributed by atoms with Crippen LogP contribution in [0.25, 0.3) is 0 Å². The van der Waals surface area contributed by atoms with Gasteiger partial charge in [0, 0.05) is 11.3 Å². The highest BCUT2D eigenvalue weighted by Crippen LogP contribution is 2.55. The zero-order valence-corrected chi connectivity index (χ0v) is 14.3. The summed E-state index contributed by atoms with van der Waals surface area (Å²) in [6, 6.07) is 6.10. The molecule has 0 aromatic heterocycles. The molecule has 2 heterocycles. The van der Waals surface area contributed by atoms with Gasteiger partial charge in [0.1, 0.15) is 0 Å². The number of carboxylic acids is 1. The lowest BCUT2D eigenvalue weighted by Crippen LogP contribution is -2.57. The molecule has 2 atom stereocenters. The molecule has 2 unspecified atom stereocenters. The van der Waals surface area contributed by atoms with E-state index in [9.17, 15) is 19.5 Å². The summed E-state index contributed by atoms with van der Waals surface area (Å²) in [7, 11) is 0. The van der Waals surface area contributed by atoms with Crippen molar-refractivity contribution in [1.29, 1.82) is 0 Å². The van der Waals surface area contributed by atoms with E-state index in [1.807, 2.05) is 18.2 Å². The second-order valence-corrected chi connectivity index (χ2v) is 7.09. The van der Waals surface area contributed by atoms with Crippen LogP contribution < -0.4 is 10.2 Å². The number of aliphatic carboxylic acids is 1. The van der Waals surface area contributed by atoms with Crippen LogP contribution in [-0.2, 0) is 19.1 Å². The molecule has 2 amide bonds. The normalized spacial score (nSPS) is 22.2. The number of amides is 2. The second-order valence-electron chi connectivity index (χ2n) is 5.77. The van der Waals surface area contributed by atoms with Crippen LogP contribution in [0, 0.1) is 0 Å². The van der Waals surface area contributed by atoms with Crippen molar-refractivity contribution in [1.82, 2.24) is 5.32 Å². The maximum absolute atomic E-state index is 12.9. The van der Waals surface area contributed by atoms with Crippen LogP contribution in [0.4, 0.5) is 5.69 Å². The molecule has 1 fully saturated rings. The Morgan fingerprint density at radius 3 is 2.96 bits per heavy atom. The first-order valence-electron chi connectivity index (χ1n) is 7.83. The average Bonchev–Trinajstić information content (AvgIpc) is 3.10. The zero-order chi connectivity index (χ0) is 18.0. The molecule has 25 heavy (non-hydrogen) atoms. The van der Waals surface area contributed by atoms with Crippen LogP contribution in [0.15, 0.2) is 41.8 Å². The zero-order valence-electron chi connectivity index (χ0n) is 13.4. The van der Waals surface area contributed by atoms with Crippen molar-refractivity contribution in [3.8, 4) is 0 Å². The minimum Gasteiger partial charge on any atom is -0.480 e. The fourth-order valence-corrected chi connectivity index (χ4v) is 4.43. The summed E-state index contributed by atoms with van der Waals surface area (Å²) < 4.78 is 5.16. The van der Waals surface area contributed by atoms with Gasteiger partial charge in [-0.3, -0.25) is 14.5 Å². The predicted octanol–water partition coefficient (Wildman–Crippen LogP) is 1.39. The molecule has 2 aliphatic rings. The first-order chi connectivity index (χ1) is 12.0. The third-order valence-corrected chi connectivity index (χ3v) is 5.63. The van der Waals surface area contributed by atoms with Crippen LogP contribution in [0.3, 0.4) is 0 Å². The number of hydrogen-bond donors (Lipinski definition) is 2. The van der Waals surface area contributed by atoms with E-state index in [4.69, 9.17) is 4.74 Å². The monoisotopic (exact) mass is 362 g/mol. The molecule has 0 saturated carbocycles. The number of ether oxygens (including phenoxy) is 1. The second kappa shape index (κ2) is 6.89. The smallest absolute Gasteiger partial charge is 0.328 e. The summed E-state index contributed by atoms with van der Waals surface area (Å²) in [5.74, 6) is -1.82. The fraction of sp³-hybridized carbons (Fsp3) is 0.353. The molecule has 7 nitrogen and oxygen atoms in total. The van der Waals surface area contributed by atoms with Gasteiger partial charge >= 0.3 is 5.97 Å². The van der Waals surface area contributed by atoms with Crippen molar-refractivity contribution in [3.05, 3.63) is 36.9 Å². The van der Waals surface area contributed by atoms with Gasteiger partial charge in [0.05, 0.1) is 18.9 Å². The van der Waals surface area contributed by atoms with Gasteiger partial charge in [-0.25, -0.2) is 4.79 Å². The summed E-state index contributed by atoms with van der Waals surface area (Å²) in [5, 5.41) is 11.8. The Bertz CT molecular complexity index is 738. The Hall–Kier alpha value is -2.32. The van der Waals surface area contributed by atoms with Gasteiger partial charge < -0.3 is 15.2 Å². The van der Waals surface area contributed by atoms with Gasteiger partial charge in [0.2, 0.25) is 5.91 Å². The van der Waals surface area contributed by atoms with Crippen LogP contribution in [0.5, 0.6) is 0 Å². The third-order valence-electron chi connectivity index (χ3n) is 4.15. The molecule has 0 bridgehead atoms. The van der Waals surface area contributed by atoms with E-state index in [0.29, 0.717) is 12.1 Å². The third kappa shape index (κ3) is 3.03. The summed E-state index contributed by atoms with van der Waals surface area (Å²) in [6.07, 6.45) is 2.08. The molecule has 2 N–H and O–H groups in total. The van der Waals surface area contributed by atoms with E-state index in [1.165, 1.54) is 22.7 Å². The molecule has 2 aliphatic heterocycles. The minimum atomic E-state index is -1.19. The Morgan fingerprint density at radius 2 is 2.24 bits per heavy atom. The lowest BCUT2D eigenvalue weighted by molar-refractivity contribution is -0.143. The summed E-state index contributed by atoms with van der Waals surface area (Å²) in [6.45, 7) is 3.51. The quantitative estimate of drug-likeness (QED) is 0.562. The largest absolute Gasteiger partial charge is 0.480 e. The molecule has 3 rings (SSSR count). The van der Waals surface area contributed by atoms with Gasteiger partial charge in [-0.15, -0.1) is 6.58 Å². The van der Waals surface area contributed by atoms with Crippen LogP contribution in [-0.4, -0.2) is 47.0 Å². The van der Waals surface area contributed by atoms with E-state index in [0.717, 1.165) is 4.90 Å². The highest BCUT2D eigenvalue weighted by Gasteiger charge is 2.57.